The van der Waals surface area contributed by atoms with Gasteiger partial charge in [0.05, 0.1) is 0 Å². The Balaban J connectivity index is 1.09. The summed E-state index contributed by atoms with van der Waals surface area (Å²) in [7, 11) is 0. The molecule has 11 aromatic rings. The van der Waals surface area contributed by atoms with E-state index < -0.39 is 0 Å². The van der Waals surface area contributed by atoms with E-state index in [0.29, 0.717) is 17.5 Å². The number of para-hydroxylation sites is 1. The first-order chi connectivity index (χ1) is 29.2. The maximum absolute atomic E-state index is 6.74. The third-order valence-electron chi connectivity index (χ3n) is 11.2. The lowest BCUT2D eigenvalue weighted by atomic mass is 9.97. The van der Waals surface area contributed by atoms with Crippen molar-refractivity contribution in [1.29, 1.82) is 0 Å². The number of fused-ring (bicyclic) bond motifs is 4. The van der Waals surface area contributed by atoms with E-state index in [-0.39, 0.29) is 0 Å². The number of nitrogens with zero attached hydrogens (tertiary/aromatic N) is 3. The highest BCUT2D eigenvalue weighted by Crippen LogP contribution is 2.41. The summed E-state index contributed by atoms with van der Waals surface area (Å²) in [5.41, 5.74) is 13.4. The SMILES string of the molecule is c1ccc(-c2ccc(-c3nc(-c4cccc5ccc(-c6ccccc6)cc45)nc(-c4cccc5oc6c(-c7ccc(-c8ccccc8)cc7)cccc6c45)n3)cc2)cc1. The maximum Gasteiger partial charge on any atom is 0.164 e. The van der Waals surface area contributed by atoms with Gasteiger partial charge in [-0.15, -0.1) is 0 Å². The second-order valence-corrected chi connectivity index (χ2v) is 14.8. The molecule has 9 aromatic carbocycles. The molecule has 0 N–H and O–H groups in total. The van der Waals surface area contributed by atoms with Gasteiger partial charge in [0.15, 0.2) is 17.5 Å². The predicted molar refractivity (Wildman–Crippen MR) is 243 cm³/mol. The minimum Gasteiger partial charge on any atom is -0.455 e. The molecular weight excluding hydrogens is 719 g/mol. The zero-order valence-corrected chi connectivity index (χ0v) is 32.0. The van der Waals surface area contributed by atoms with E-state index in [9.17, 15) is 0 Å². The zero-order valence-electron chi connectivity index (χ0n) is 32.0. The van der Waals surface area contributed by atoms with E-state index in [1.807, 2.05) is 30.3 Å². The van der Waals surface area contributed by atoms with Crippen molar-refractivity contribution in [3.8, 4) is 78.7 Å². The second-order valence-electron chi connectivity index (χ2n) is 14.8. The van der Waals surface area contributed by atoms with Crippen LogP contribution >= 0.6 is 0 Å². The predicted octanol–water partition coefficient (Wildman–Crippen LogP) is 14.6. The molecule has 4 heteroatoms. The van der Waals surface area contributed by atoms with Crippen molar-refractivity contribution in [3.63, 3.8) is 0 Å². The van der Waals surface area contributed by atoms with E-state index >= 15 is 0 Å². The summed E-state index contributed by atoms with van der Waals surface area (Å²) in [4.78, 5) is 15.8. The fourth-order valence-corrected chi connectivity index (χ4v) is 8.20. The van der Waals surface area contributed by atoms with Crippen LogP contribution in [0, 0.1) is 0 Å². The minimum atomic E-state index is 0.583. The van der Waals surface area contributed by atoms with Gasteiger partial charge in [0.2, 0.25) is 0 Å². The Hall–Kier alpha value is -7.95. The van der Waals surface area contributed by atoms with Crippen LogP contribution in [0.25, 0.3) is 111 Å². The summed E-state index contributed by atoms with van der Waals surface area (Å²) in [5.74, 6) is 1.79. The van der Waals surface area contributed by atoms with Crippen LogP contribution in [0.1, 0.15) is 0 Å². The van der Waals surface area contributed by atoms with Gasteiger partial charge in [-0.1, -0.05) is 200 Å². The topological polar surface area (TPSA) is 51.8 Å². The molecule has 276 valence electrons. The molecule has 0 bridgehead atoms. The molecule has 0 saturated heterocycles. The Morgan fingerprint density at radius 1 is 0.288 bits per heavy atom. The van der Waals surface area contributed by atoms with Crippen molar-refractivity contribution in [2.24, 2.45) is 0 Å². The van der Waals surface area contributed by atoms with Gasteiger partial charge < -0.3 is 4.42 Å². The summed E-state index contributed by atoms with van der Waals surface area (Å²) in [6, 6.07) is 74.0. The highest BCUT2D eigenvalue weighted by Gasteiger charge is 2.20. The number of aromatic nitrogens is 3. The van der Waals surface area contributed by atoms with Gasteiger partial charge in [-0.05, 0) is 61.8 Å². The van der Waals surface area contributed by atoms with E-state index in [4.69, 9.17) is 19.4 Å². The van der Waals surface area contributed by atoms with Crippen LogP contribution in [0.4, 0.5) is 0 Å². The van der Waals surface area contributed by atoms with Crippen molar-refractivity contribution in [1.82, 2.24) is 15.0 Å². The van der Waals surface area contributed by atoms with Crippen LogP contribution in [0.2, 0.25) is 0 Å². The fraction of sp³-hybridized carbons (Fsp3) is 0. The quantitative estimate of drug-likeness (QED) is 0.163. The van der Waals surface area contributed by atoms with E-state index in [1.165, 1.54) is 11.1 Å². The average Bonchev–Trinajstić information content (AvgIpc) is 3.71. The van der Waals surface area contributed by atoms with Crippen molar-refractivity contribution in [3.05, 3.63) is 212 Å². The van der Waals surface area contributed by atoms with Crippen molar-refractivity contribution >= 4 is 32.7 Å². The van der Waals surface area contributed by atoms with E-state index in [0.717, 1.165) is 82.8 Å². The first-order valence-corrected chi connectivity index (χ1v) is 19.8. The molecule has 2 aromatic heterocycles. The Labute approximate surface area is 341 Å². The van der Waals surface area contributed by atoms with Crippen LogP contribution in [-0.4, -0.2) is 15.0 Å². The maximum atomic E-state index is 6.74. The normalized spacial score (nSPS) is 11.4. The second kappa shape index (κ2) is 14.5. The summed E-state index contributed by atoms with van der Waals surface area (Å²) >= 11 is 0. The molecule has 0 saturated carbocycles. The standard InChI is InChI=1S/C55H35N3O/c1-4-13-36(14-5-1)39-25-29-42(30-26-39)45-20-11-22-47-51-48(23-12-24-50(51)59-52(45)47)55-57-53(43-32-27-40(28-33-43)37-15-6-2-7-16-37)56-54(58-55)46-21-10-19-41-31-34-44(35-49(41)46)38-17-8-3-9-18-38/h1-35H. The highest BCUT2D eigenvalue weighted by atomic mass is 16.3. The van der Waals surface area contributed by atoms with Gasteiger partial charge in [0, 0.05) is 33.0 Å². The molecule has 0 aliphatic rings. The molecule has 0 aliphatic heterocycles. The monoisotopic (exact) mass is 753 g/mol. The number of furan rings is 1. The molecule has 0 amide bonds. The number of hydrogen-bond donors (Lipinski definition) is 0. The average molecular weight is 754 g/mol. The highest BCUT2D eigenvalue weighted by molar-refractivity contribution is 6.15. The third kappa shape index (κ3) is 6.34. The van der Waals surface area contributed by atoms with Crippen molar-refractivity contribution in [2.75, 3.05) is 0 Å². The molecule has 59 heavy (non-hydrogen) atoms. The molecule has 11 rings (SSSR count). The van der Waals surface area contributed by atoms with E-state index in [2.05, 4.69) is 182 Å². The molecule has 0 spiro atoms. The summed E-state index contributed by atoms with van der Waals surface area (Å²) in [6.45, 7) is 0. The molecule has 0 aliphatic carbocycles. The molecule has 2 heterocycles. The lowest BCUT2D eigenvalue weighted by molar-refractivity contribution is 0.670. The van der Waals surface area contributed by atoms with Gasteiger partial charge >= 0.3 is 0 Å². The van der Waals surface area contributed by atoms with Crippen LogP contribution in [0.15, 0.2) is 217 Å². The molecule has 0 atom stereocenters. The van der Waals surface area contributed by atoms with Gasteiger partial charge in [-0.2, -0.15) is 0 Å². The number of hydrogen-bond acceptors (Lipinski definition) is 4. The fourth-order valence-electron chi connectivity index (χ4n) is 8.20. The Morgan fingerprint density at radius 2 is 0.763 bits per heavy atom. The lowest BCUT2D eigenvalue weighted by Gasteiger charge is -2.12. The Kier molecular flexibility index (Phi) is 8.45. The van der Waals surface area contributed by atoms with Gasteiger partial charge in [-0.3, -0.25) is 0 Å². The number of benzene rings is 9. The molecule has 0 unspecified atom stereocenters. The zero-order chi connectivity index (χ0) is 39.1. The molecule has 0 radical (unpaired) electrons. The van der Waals surface area contributed by atoms with Gasteiger partial charge in [0.25, 0.3) is 0 Å². The van der Waals surface area contributed by atoms with E-state index in [1.54, 1.807) is 0 Å². The van der Waals surface area contributed by atoms with Gasteiger partial charge in [0.1, 0.15) is 11.2 Å². The third-order valence-corrected chi connectivity index (χ3v) is 11.2. The van der Waals surface area contributed by atoms with Crippen LogP contribution in [-0.2, 0) is 0 Å². The lowest BCUT2D eigenvalue weighted by Crippen LogP contribution is -2.01. The first kappa shape index (κ1) is 34.3. The summed E-state index contributed by atoms with van der Waals surface area (Å²) in [6.07, 6.45) is 0. The summed E-state index contributed by atoms with van der Waals surface area (Å²) < 4.78 is 6.74. The Bertz CT molecular complexity index is 3280. The van der Waals surface area contributed by atoms with Crippen LogP contribution in [0.5, 0.6) is 0 Å². The molecular formula is C55H35N3O. The van der Waals surface area contributed by atoms with Crippen LogP contribution < -0.4 is 0 Å². The minimum absolute atomic E-state index is 0.583. The smallest absolute Gasteiger partial charge is 0.164 e. The molecule has 4 nitrogen and oxygen atoms in total. The largest absolute Gasteiger partial charge is 0.455 e. The number of rotatable bonds is 7. The Morgan fingerprint density at radius 3 is 1.42 bits per heavy atom. The van der Waals surface area contributed by atoms with Gasteiger partial charge in [-0.25, -0.2) is 15.0 Å². The van der Waals surface area contributed by atoms with Crippen molar-refractivity contribution in [2.45, 2.75) is 0 Å². The molecule has 0 fully saturated rings. The summed E-state index contributed by atoms with van der Waals surface area (Å²) in [5, 5.41) is 4.17. The van der Waals surface area contributed by atoms with Crippen molar-refractivity contribution < 1.29 is 4.42 Å². The van der Waals surface area contributed by atoms with Crippen LogP contribution in [0.3, 0.4) is 0 Å². The first-order valence-electron chi connectivity index (χ1n) is 19.8.